The average molecular weight is 374 g/mol. The van der Waals surface area contributed by atoms with E-state index in [4.69, 9.17) is 11.6 Å². The topological polar surface area (TPSA) is 41.0 Å². The van der Waals surface area contributed by atoms with E-state index in [1.165, 1.54) is 12.1 Å². The van der Waals surface area contributed by atoms with Crippen molar-refractivity contribution < 1.29 is 4.39 Å². The van der Waals surface area contributed by atoms with Gasteiger partial charge in [0, 0.05) is 30.2 Å². The lowest BCUT2D eigenvalue weighted by Crippen LogP contribution is -2.33. The molecule has 0 unspecified atom stereocenters. The molecule has 2 aromatic rings. The normalized spacial score (nSPS) is 14.9. The third-order valence-corrected chi connectivity index (χ3v) is 4.57. The Bertz CT molecular complexity index is 908. The molecule has 3 rings (SSSR count). The number of benzene rings is 1. The molecule has 0 aliphatic carbocycles. The predicted octanol–water partition coefficient (Wildman–Crippen LogP) is 3.59. The zero-order valence-corrected chi connectivity index (χ0v) is 15.2. The van der Waals surface area contributed by atoms with Gasteiger partial charge in [0.25, 0.3) is 5.56 Å². The number of hydrogen-bond acceptors (Lipinski definition) is 2. The van der Waals surface area contributed by atoms with Crippen LogP contribution in [0.15, 0.2) is 65.0 Å². The number of aromatic amines is 1. The summed E-state index contributed by atoms with van der Waals surface area (Å²) in [5.41, 5.74) is 3.62. The predicted molar refractivity (Wildman–Crippen MR) is 103 cm³/mol. The van der Waals surface area contributed by atoms with Gasteiger partial charge in [0.2, 0.25) is 0 Å². The number of allylic oxidation sites excluding steroid dienone is 2. The van der Waals surface area contributed by atoms with Gasteiger partial charge in [-0.3, -0.25) is 14.8 Å². The largest absolute Gasteiger partial charge is 0.298 e. The minimum absolute atomic E-state index is 0.00222. The van der Waals surface area contributed by atoms with Crippen LogP contribution in [0.25, 0.3) is 0 Å². The van der Waals surface area contributed by atoms with Crippen molar-refractivity contribution in [2.75, 3.05) is 13.1 Å². The highest BCUT2D eigenvalue weighted by Crippen LogP contribution is 2.17. The van der Waals surface area contributed by atoms with E-state index in [1.807, 2.05) is 0 Å². The first kappa shape index (κ1) is 18.4. The fraction of sp³-hybridized carbons (Fsp3) is 0.250. The lowest BCUT2D eigenvalue weighted by atomic mass is 10.1. The summed E-state index contributed by atoms with van der Waals surface area (Å²) in [6.07, 6.45) is 4.26. The maximum atomic E-state index is 13.0. The third kappa shape index (κ3) is 4.23. The number of rotatable bonds is 6. The molecule has 2 heterocycles. The lowest BCUT2D eigenvalue weighted by Gasteiger charge is -2.26. The van der Waals surface area contributed by atoms with Crippen molar-refractivity contribution in [3.63, 3.8) is 0 Å². The van der Waals surface area contributed by atoms with E-state index in [1.54, 1.807) is 29.0 Å². The Morgan fingerprint density at radius 1 is 1.35 bits per heavy atom. The molecule has 0 amide bonds. The molecule has 136 valence electrons. The number of hydrogen-bond donors (Lipinski definition) is 1. The molecule has 0 bridgehead atoms. The maximum absolute atomic E-state index is 13.0. The Balaban J connectivity index is 1.75. The molecule has 0 saturated carbocycles. The van der Waals surface area contributed by atoms with Crippen molar-refractivity contribution in [1.82, 2.24) is 14.7 Å². The van der Waals surface area contributed by atoms with Gasteiger partial charge in [-0.2, -0.15) is 0 Å². The Morgan fingerprint density at radius 2 is 2.08 bits per heavy atom. The van der Waals surface area contributed by atoms with E-state index in [9.17, 15) is 9.18 Å². The Labute approximate surface area is 156 Å². The number of nitrogens with one attached hydrogen (secondary N) is 1. The first-order valence-corrected chi connectivity index (χ1v) is 8.79. The van der Waals surface area contributed by atoms with Crippen LogP contribution in [0, 0.1) is 5.82 Å². The summed E-state index contributed by atoms with van der Waals surface area (Å²) in [6.45, 7) is 10.0. The Hall–Kier alpha value is -2.37. The van der Waals surface area contributed by atoms with E-state index in [2.05, 4.69) is 23.2 Å². The summed E-state index contributed by atoms with van der Waals surface area (Å²) < 4.78 is 14.6. The smallest absolute Gasteiger partial charge is 0.270 e. The molecular formula is C20H21ClFN3O. The van der Waals surface area contributed by atoms with Crippen molar-refractivity contribution >= 4 is 11.6 Å². The van der Waals surface area contributed by atoms with Crippen molar-refractivity contribution in [3.8, 4) is 0 Å². The average Bonchev–Trinajstić information content (AvgIpc) is 2.91. The Morgan fingerprint density at radius 3 is 2.73 bits per heavy atom. The number of fused-ring (bicyclic) bond motifs is 1. The van der Waals surface area contributed by atoms with Gasteiger partial charge >= 0.3 is 0 Å². The van der Waals surface area contributed by atoms with Crippen LogP contribution in [0.2, 0.25) is 0 Å². The SMILES string of the molecule is C=C/C(=C\C(=C)Cl)CN1CCc2c([nH]n(Cc3ccc(F)cc3)c2=O)C1. The van der Waals surface area contributed by atoms with Crippen molar-refractivity contribution in [2.45, 2.75) is 19.5 Å². The summed E-state index contributed by atoms with van der Waals surface area (Å²) in [7, 11) is 0. The quantitative estimate of drug-likeness (QED) is 0.786. The highest BCUT2D eigenvalue weighted by atomic mass is 35.5. The van der Waals surface area contributed by atoms with Crippen LogP contribution in [-0.2, 0) is 19.5 Å². The number of aromatic nitrogens is 2. The van der Waals surface area contributed by atoms with Crippen molar-refractivity contribution in [2.24, 2.45) is 0 Å². The minimum atomic E-state index is -0.284. The summed E-state index contributed by atoms with van der Waals surface area (Å²) in [4.78, 5) is 14.8. The summed E-state index contributed by atoms with van der Waals surface area (Å²) in [6, 6.07) is 6.18. The van der Waals surface area contributed by atoms with Gasteiger partial charge in [-0.05, 0) is 35.8 Å². The van der Waals surface area contributed by atoms with Gasteiger partial charge < -0.3 is 0 Å². The Kier molecular flexibility index (Phi) is 5.59. The van der Waals surface area contributed by atoms with Gasteiger partial charge in [0.05, 0.1) is 12.2 Å². The molecule has 1 N–H and O–H groups in total. The van der Waals surface area contributed by atoms with Crippen LogP contribution in [0.5, 0.6) is 0 Å². The fourth-order valence-electron chi connectivity index (χ4n) is 3.18. The molecule has 4 nitrogen and oxygen atoms in total. The van der Waals surface area contributed by atoms with E-state index in [0.717, 1.165) is 28.9 Å². The second-order valence-corrected chi connectivity index (χ2v) is 6.90. The van der Waals surface area contributed by atoms with Crippen molar-refractivity contribution in [1.29, 1.82) is 0 Å². The van der Waals surface area contributed by atoms with Gasteiger partial charge in [0.15, 0.2) is 0 Å². The second-order valence-electron chi connectivity index (χ2n) is 6.42. The minimum Gasteiger partial charge on any atom is -0.298 e. The first-order chi connectivity index (χ1) is 12.5. The molecule has 0 atom stereocenters. The molecular weight excluding hydrogens is 353 g/mol. The van der Waals surface area contributed by atoms with Crippen LogP contribution in [0.1, 0.15) is 16.8 Å². The monoisotopic (exact) mass is 373 g/mol. The molecule has 1 aliphatic rings. The van der Waals surface area contributed by atoms with Gasteiger partial charge in [-0.25, -0.2) is 9.07 Å². The molecule has 0 saturated heterocycles. The molecule has 1 aromatic carbocycles. The number of halogens is 2. The third-order valence-electron chi connectivity index (χ3n) is 4.46. The molecule has 0 spiro atoms. The molecule has 1 aromatic heterocycles. The van der Waals surface area contributed by atoms with Gasteiger partial charge in [-0.15, -0.1) is 0 Å². The molecule has 26 heavy (non-hydrogen) atoms. The highest BCUT2D eigenvalue weighted by molar-refractivity contribution is 6.30. The molecule has 6 heteroatoms. The van der Waals surface area contributed by atoms with E-state index < -0.39 is 0 Å². The zero-order valence-electron chi connectivity index (χ0n) is 14.5. The van der Waals surface area contributed by atoms with Crippen LogP contribution >= 0.6 is 11.6 Å². The van der Waals surface area contributed by atoms with Crippen LogP contribution < -0.4 is 5.56 Å². The maximum Gasteiger partial charge on any atom is 0.270 e. The number of nitrogens with zero attached hydrogens (tertiary/aromatic N) is 2. The van der Waals surface area contributed by atoms with E-state index in [0.29, 0.717) is 31.1 Å². The lowest BCUT2D eigenvalue weighted by molar-refractivity contribution is 0.273. The summed E-state index contributed by atoms with van der Waals surface area (Å²) in [5.74, 6) is -0.284. The van der Waals surface area contributed by atoms with Crippen molar-refractivity contribution in [3.05, 3.63) is 93.2 Å². The summed E-state index contributed by atoms with van der Waals surface area (Å²) >= 11 is 5.85. The van der Waals surface area contributed by atoms with E-state index in [-0.39, 0.29) is 11.4 Å². The van der Waals surface area contributed by atoms with Crippen LogP contribution in [-0.4, -0.2) is 27.8 Å². The zero-order chi connectivity index (χ0) is 18.7. The summed E-state index contributed by atoms with van der Waals surface area (Å²) in [5, 5.41) is 3.68. The van der Waals surface area contributed by atoms with Crippen LogP contribution in [0.3, 0.4) is 0 Å². The fourth-order valence-corrected chi connectivity index (χ4v) is 3.32. The first-order valence-electron chi connectivity index (χ1n) is 8.41. The number of H-pyrrole nitrogens is 1. The van der Waals surface area contributed by atoms with Crippen LogP contribution in [0.4, 0.5) is 4.39 Å². The second kappa shape index (κ2) is 7.89. The van der Waals surface area contributed by atoms with Gasteiger partial charge in [-0.1, -0.05) is 43.0 Å². The van der Waals surface area contributed by atoms with E-state index >= 15 is 0 Å². The highest BCUT2D eigenvalue weighted by Gasteiger charge is 2.22. The molecule has 1 aliphatic heterocycles. The molecule has 0 fully saturated rings. The standard InChI is InChI=1S/C20H21ClFN3O/c1-3-15(10-14(2)21)11-24-9-8-18-19(13-24)23-25(20(18)26)12-16-4-6-17(22)7-5-16/h3-7,10,23H,1-2,8-9,11-13H2/b15-10+. The molecule has 0 radical (unpaired) electrons. The van der Waals surface area contributed by atoms with Gasteiger partial charge in [0.1, 0.15) is 5.82 Å².